The van der Waals surface area contributed by atoms with Crippen molar-refractivity contribution in [3.05, 3.63) is 47.9 Å². The number of amides is 2. The molecular weight excluding hydrogens is 336 g/mol. The maximum Gasteiger partial charge on any atom is 0.236 e. The van der Waals surface area contributed by atoms with Gasteiger partial charge in [0, 0.05) is 6.54 Å². The summed E-state index contributed by atoms with van der Waals surface area (Å²) >= 11 is 0. The van der Waals surface area contributed by atoms with Crippen molar-refractivity contribution in [3.63, 3.8) is 0 Å². The molecule has 2 amide bonds. The molecule has 7 nitrogen and oxygen atoms in total. The van der Waals surface area contributed by atoms with Crippen LogP contribution in [-0.4, -0.2) is 26.0 Å². The number of hydrogen-bond acceptors (Lipinski definition) is 5. The molecule has 0 radical (unpaired) electrons. The highest BCUT2D eigenvalue weighted by Crippen LogP contribution is 2.46. The molecule has 7 heteroatoms. The molecule has 1 heterocycles. The SMILES string of the molecule is COc1ccc(CNC(=O)C2(C(=O)NCc3ccco3)CC2)cc1OC. The molecule has 0 atom stereocenters. The van der Waals surface area contributed by atoms with Crippen LogP contribution in [-0.2, 0) is 22.7 Å². The summed E-state index contributed by atoms with van der Waals surface area (Å²) in [5.74, 6) is 1.35. The van der Waals surface area contributed by atoms with E-state index in [1.165, 1.54) is 0 Å². The Kier molecular flexibility index (Phi) is 5.16. The van der Waals surface area contributed by atoms with E-state index in [9.17, 15) is 9.59 Å². The van der Waals surface area contributed by atoms with Gasteiger partial charge in [-0.05, 0) is 42.7 Å². The lowest BCUT2D eigenvalue weighted by Gasteiger charge is -2.15. The van der Waals surface area contributed by atoms with E-state index in [-0.39, 0.29) is 18.4 Å². The first-order chi connectivity index (χ1) is 12.6. The quantitative estimate of drug-likeness (QED) is 0.705. The molecule has 1 aliphatic rings. The summed E-state index contributed by atoms with van der Waals surface area (Å²) in [6.07, 6.45) is 2.65. The van der Waals surface area contributed by atoms with Crippen molar-refractivity contribution < 1.29 is 23.5 Å². The van der Waals surface area contributed by atoms with Gasteiger partial charge in [0.25, 0.3) is 0 Å². The molecule has 0 saturated heterocycles. The lowest BCUT2D eigenvalue weighted by Crippen LogP contribution is -2.42. The Morgan fingerprint density at radius 3 is 2.31 bits per heavy atom. The standard InChI is InChI=1S/C19H22N2O5/c1-24-15-6-5-13(10-16(15)25-2)11-20-17(22)19(7-8-19)18(23)21-12-14-4-3-9-26-14/h3-6,9-10H,7-8,11-12H2,1-2H3,(H,20,22)(H,21,23). The fraction of sp³-hybridized carbons (Fsp3) is 0.368. The summed E-state index contributed by atoms with van der Waals surface area (Å²) in [5.41, 5.74) is -0.105. The van der Waals surface area contributed by atoms with Crippen LogP contribution in [0.5, 0.6) is 11.5 Å². The molecule has 3 rings (SSSR count). The molecular formula is C19H22N2O5. The van der Waals surface area contributed by atoms with E-state index >= 15 is 0 Å². The Morgan fingerprint density at radius 1 is 1.04 bits per heavy atom. The van der Waals surface area contributed by atoms with Gasteiger partial charge < -0.3 is 24.5 Å². The van der Waals surface area contributed by atoms with Crippen LogP contribution in [0.15, 0.2) is 41.0 Å². The minimum atomic E-state index is -0.969. The van der Waals surface area contributed by atoms with E-state index in [0.717, 1.165) is 5.56 Å². The number of nitrogens with one attached hydrogen (secondary N) is 2. The highest BCUT2D eigenvalue weighted by molar-refractivity contribution is 6.07. The number of hydrogen-bond donors (Lipinski definition) is 2. The van der Waals surface area contributed by atoms with E-state index in [2.05, 4.69) is 10.6 Å². The molecule has 26 heavy (non-hydrogen) atoms. The van der Waals surface area contributed by atoms with Gasteiger partial charge in [-0.15, -0.1) is 0 Å². The number of rotatable bonds is 8. The monoisotopic (exact) mass is 358 g/mol. The van der Waals surface area contributed by atoms with Crippen LogP contribution in [0.3, 0.4) is 0 Å². The van der Waals surface area contributed by atoms with E-state index in [1.54, 1.807) is 44.7 Å². The summed E-state index contributed by atoms with van der Waals surface area (Å²) in [7, 11) is 3.13. The molecule has 0 aliphatic heterocycles. The van der Waals surface area contributed by atoms with Crippen LogP contribution in [0, 0.1) is 5.41 Å². The molecule has 2 N–H and O–H groups in total. The number of methoxy groups -OCH3 is 2. The average Bonchev–Trinajstić information content (AvgIpc) is 3.32. The number of furan rings is 1. The van der Waals surface area contributed by atoms with Crippen LogP contribution >= 0.6 is 0 Å². The maximum absolute atomic E-state index is 12.5. The van der Waals surface area contributed by atoms with Gasteiger partial charge in [-0.3, -0.25) is 9.59 Å². The molecule has 0 bridgehead atoms. The van der Waals surface area contributed by atoms with Crippen molar-refractivity contribution in [1.82, 2.24) is 10.6 Å². The zero-order valence-corrected chi connectivity index (χ0v) is 14.8. The molecule has 1 fully saturated rings. The van der Waals surface area contributed by atoms with Gasteiger partial charge in [0.2, 0.25) is 11.8 Å². The Labute approximate surface area is 151 Å². The highest BCUT2D eigenvalue weighted by atomic mass is 16.5. The zero-order valence-electron chi connectivity index (χ0n) is 14.8. The second-order valence-corrected chi connectivity index (χ2v) is 6.22. The van der Waals surface area contributed by atoms with E-state index in [1.807, 2.05) is 6.07 Å². The Balaban J connectivity index is 1.56. The summed E-state index contributed by atoms with van der Waals surface area (Å²) in [4.78, 5) is 24.9. The van der Waals surface area contributed by atoms with Gasteiger partial charge in [0.1, 0.15) is 11.2 Å². The lowest BCUT2D eigenvalue weighted by molar-refractivity contribution is -0.137. The van der Waals surface area contributed by atoms with Gasteiger partial charge in [-0.1, -0.05) is 6.07 Å². The van der Waals surface area contributed by atoms with E-state index in [4.69, 9.17) is 13.9 Å². The highest BCUT2D eigenvalue weighted by Gasteiger charge is 2.56. The zero-order chi connectivity index (χ0) is 18.6. The third-order valence-electron chi connectivity index (χ3n) is 4.52. The Hall–Kier alpha value is -2.96. The van der Waals surface area contributed by atoms with Gasteiger partial charge in [0.05, 0.1) is 27.0 Å². The Bertz CT molecular complexity index is 781. The van der Waals surface area contributed by atoms with Gasteiger partial charge >= 0.3 is 0 Å². The topological polar surface area (TPSA) is 89.8 Å². The maximum atomic E-state index is 12.5. The summed E-state index contributed by atoms with van der Waals surface area (Å²) in [5, 5.41) is 5.62. The molecule has 138 valence electrons. The first kappa shape index (κ1) is 17.8. The second kappa shape index (κ2) is 7.51. The van der Waals surface area contributed by atoms with Gasteiger partial charge in [-0.25, -0.2) is 0 Å². The van der Waals surface area contributed by atoms with Crippen LogP contribution < -0.4 is 20.1 Å². The van der Waals surface area contributed by atoms with Gasteiger partial charge in [0.15, 0.2) is 11.5 Å². The number of carbonyl (C=O) groups is 2. The van der Waals surface area contributed by atoms with E-state index < -0.39 is 5.41 Å². The predicted octanol–water partition coefficient (Wildman–Crippen LogP) is 2.01. The van der Waals surface area contributed by atoms with Crippen LogP contribution in [0.4, 0.5) is 0 Å². The molecule has 0 spiro atoms. The van der Waals surface area contributed by atoms with Crippen LogP contribution in [0.1, 0.15) is 24.2 Å². The Morgan fingerprint density at radius 2 is 1.73 bits per heavy atom. The molecule has 1 aromatic heterocycles. The summed E-state index contributed by atoms with van der Waals surface area (Å²) in [6.45, 7) is 0.586. The minimum absolute atomic E-state index is 0.260. The molecule has 2 aromatic rings. The van der Waals surface area contributed by atoms with Crippen molar-refractivity contribution in [2.24, 2.45) is 5.41 Å². The van der Waals surface area contributed by atoms with Crippen molar-refractivity contribution in [2.45, 2.75) is 25.9 Å². The fourth-order valence-corrected chi connectivity index (χ4v) is 2.77. The fourth-order valence-electron chi connectivity index (χ4n) is 2.77. The third-order valence-corrected chi connectivity index (χ3v) is 4.52. The predicted molar refractivity (Wildman–Crippen MR) is 93.6 cm³/mol. The molecule has 1 saturated carbocycles. The summed E-state index contributed by atoms with van der Waals surface area (Å²) in [6, 6.07) is 8.96. The number of ether oxygens (including phenoxy) is 2. The number of carbonyl (C=O) groups excluding carboxylic acids is 2. The van der Waals surface area contributed by atoms with Crippen molar-refractivity contribution in [1.29, 1.82) is 0 Å². The normalized spacial score (nSPS) is 14.4. The van der Waals surface area contributed by atoms with Crippen molar-refractivity contribution in [3.8, 4) is 11.5 Å². The average molecular weight is 358 g/mol. The number of benzene rings is 1. The first-order valence-electron chi connectivity index (χ1n) is 8.39. The van der Waals surface area contributed by atoms with Gasteiger partial charge in [-0.2, -0.15) is 0 Å². The second-order valence-electron chi connectivity index (χ2n) is 6.22. The van der Waals surface area contributed by atoms with E-state index in [0.29, 0.717) is 36.6 Å². The third kappa shape index (κ3) is 3.66. The largest absolute Gasteiger partial charge is 0.493 e. The summed E-state index contributed by atoms with van der Waals surface area (Å²) < 4.78 is 15.6. The minimum Gasteiger partial charge on any atom is -0.493 e. The van der Waals surface area contributed by atoms with Crippen molar-refractivity contribution in [2.75, 3.05) is 14.2 Å². The lowest BCUT2D eigenvalue weighted by atomic mass is 10.0. The molecule has 1 aromatic carbocycles. The van der Waals surface area contributed by atoms with Crippen molar-refractivity contribution >= 4 is 11.8 Å². The van der Waals surface area contributed by atoms with Crippen LogP contribution in [0.2, 0.25) is 0 Å². The molecule has 1 aliphatic carbocycles. The molecule has 0 unspecified atom stereocenters. The smallest absolute Gasteiger partial charge is 0.236 e. The first-order valence-corrected chi connectivity index (χ1v) is 8.39. The van der Waals surface area contributed by atoms with Crippen LogP contribution in [0.25, 0.3) is 0 Å².